The molecule has 1 aliphatic heterocycles. The second-order valence-corrected chi connectivity index (χ2v) is 8.69. The minimum Gasteiger partial charge on any atom is -0.453 e. The molecule has 4 aliphatic carbocycles. The number of carbonyl (C=O) groups is 4. The molecule has 0 N–H and O–H groups in total. The highest BCUT2D eigenvalue weighted by Crippen LogP contribution is 2.65. The molecule has 2 amide bonds. The maximum atomic E-state index is 13.1. The van der Waals surface area contributed by atoms with E-state index in [-0.39, 0.29) is 41.3 Å². The number of ether oxygens (including phenoxy) is 1. The average Bonchev–Trinajstić information content (AvgIpc) is 3.51. The van der Waals surface area contributed by atoms with E-state index in [1.807, 2.05) is 0 Å². The molecule has 8 atom stereocenters. The second kappa shape index (κ2) is 6.37. The maximum Gasteiger partial charge on any atom is 0.329 e. The number of hydrogen-bond donors (Lipinski definition) is 0. The number of likely N-dealkylation sites (tertiary alicyclic amines) is 1. The van der Waals surface area contributed by atoms with Gasteiger partial charge in [0.25, 0.3) is 0 Å². The average molecular weight is 393 g/mol. The van der Waals surface area contributed by atoms with Gasteiger partial charge < -0.3 is 4.74 Å². The zero-order valence-corrected chi connectivity index (χ0v) is 16.4. The molecule has 1 aromatic rings. The standard InChI is InChI=1S/C23H23NO5/c1-11(23(28)29-12(2)20(25)13-6-4-3-5-7-13)24-21(26)18-14-8-9-15(17-10-16(14)17)19(18)22(24)27/h3-9,11-12,14-19H,10H2,1-2H3/t11-,12-,14-,15-,16-,17-,18+,19+/m1/s1. The molecular formula is C23H23NO5. The fourth-order valence-corrected chi connectivity index (χ4v) is 5.63. The van der Waals surface area contributed by atoms with Crippen LogP contribution in [0.5, 0.6) is 0 Å². The number of benzene rings is 1. The van der Waals surface area contributed by atoms with Crippen molar-refractivity contribution in [2.45, 2.75) is 32.4 Å². The summed E-state index contributed by atoms with van der Waals surface area (Å²) < 4.78 is 5.34. The number of allylic oxidation sites excluding steroid dienone is 2. The van der Waals surface area contributed by atoms with E-state index >= 15 is 0 Å². The van der Waals surface area contributed by atoms with Gasteiger partial charge in [0.15, 0.2) is 6.10 Å². The Morgan fingerprint density at radius 2 is 1.52 bits per heavy atom. The van der Waals surface area contributed by atoms with Gasteiger partial charge in [-0.25, -0.2) is 4.79 Å². The van der Waals surface area contributed by atoms with Crippen molar-refractivity contribution in [3.05, 3.63) is 48.0 Å². The van der Waals surface area contributed by atoms with Gasteiger partial charge in [0.05, 0.1) is 11.8 Å². The van der Waals surface area contributed by atoms with Crippen LogP contribution in [-0.4, -0.2) is 40.6 Å². The Hall–Kier alpha value is -2.76. The van der Waals surface area contributed by atoms with Crippen LogP contribution in [0.15, 0.2) is 42.5 Å². The second-order valence-electron chi connectivity index (χ2n) is 8.69. The molecule has 6 heteroatoms. The van der Waals surface area contributed by atoms with Crippen molar-refractivity contribution in [3.63, 3.8) is 0 Å². The predicted molar refractivity (Wildman–Crippen MR) is 102 cm³/mol. The number of amides is 2. The van der Waals surface area contributed by atoms with Crippen LogP contribution in [0.3, 0.4) is 0 Å². The number of carbonyl (C=O) groups excluding carboxylic acids is 4. The van der Waals surface area contributed by atoms with Crippen molar-refractivity contribution < 1.29 is 23.9 Å². The van der Waals surface area contributed by atoms with Crippen molar-refractivity contribution in [3.8, 4) is 0 Å². The Bertz CT molecular complexity index is 902. The summed E-state index contributed by atoms with van der Waals surface area (Å²) in [5.74, 6) is -1.04. The lowest BCUT2D eigenvalue weighted by Gasteiger charge is -2.37. The molecule has 0 unspecified atom stereocenters. The molecule has 1 saturated heterocycles. The molecule has 2 saturated carbocycles. The molecule has 6 nitrogen and oxygen atoms in total. The minimum atomic E-state index is -1.04. The van der Waals surface area contributed by atoms with E-state index in [1.165, 1.54) is 13.8 Å². The van der Waals surface area contributed by atoms with E-state index in [4.69, 9.17) is 4.74 Å². The molecule has 3 fully saturated rings. The summed E-state index contributed by atoms with van der Waals surface area (Å²) >= 11 is 0. The number of rotatable bonds is 5. The van der Waals surface area contributed by atoms with Gasteiger partial charge in [-0.05, 0) is 43.9 Å². The van der Waals surface area contributed by atoms with Crippen LogP contribution in [-0.2, 0) is 19.1 Å². The first-order valence-electron chi connectivity index (χ1n) is 10.2. The van der Waals surface area contributed by atoms with Crippen molar-refractivity contribution >= 4 is 23.6 Å². The smallest absolute Gasteiger partial charge is 0.329 e. The molecule has 1 aromatic carbocycles. The minimum absolute atomic E-state index is 0.109. The van der Waals surface area contributed by atoms with Gasteiger partial charge >= 0.3 is 5.97 Å². The van der Waals surface area contributed by atoms with Crippen molar-refractivity contribution in [1.82, 2.24) is 4.90 Å². The van der Waals surface area contributed by atoms with E-state index in [0.29, 0.717) is 17.4 Å². The van der Waals surface area contributed by atoms with Crippen molar-refractivity contribution in [2.24, 2.45) is 35.5 Å². The fraction of sp³-hybridized carbons (Fsp3) is 0.478. The lowest BCUT2D eigenvalue weighted by atomic mass is 9.63. The Kier molecular flexibility index (Phi) is 4.02. The number of ketones is 1. The third kappa shape index (κ3) is 2.61. The van der Waals surface area contributed by atoms with E-state index in [0.717, 1.165) is 11.3 Å². The first kappa shape index (κ1) is 18.3. The Morgan fingerprint density at radius 1 is 0.966 bits per heavy atom. The van der Waals surface area contributed by atoms with Crippen LogP contribution in [0.2, 0.25) is 0 Å². The van der Waals surface area contributed by atoms with Crippen LogP contribution in [0.1, 0.15) is 30.6 Å². The summed E-state index contributed by atoms with van der Waals surface area (Å²) in [4.78, 5) is 52.4. The van der Waals surface area contributed by atoms with Crippen LogP contribution in [0, 0.1) is 35.5 Å². The summed E-state index contributed by atoms with van der Waals surface area (Å²) in [6.07, 6.45) is 4.29. The molecular weight excluding hydrogens is 370 g/mol. The number of hydrogen-bond acceptors (Lipinski definition) is 5. The molecule has 2 bridgehead atoms. The number of imide groups is 1. The van der Waals surface area contributed by atoms with Crippen molar-refractivity contribution in [2.75, 3.05) is 0 Å². The van der Waals surface area contributed by atoms with Crippen LogP contribution < -0.4 is 0 Å². The Balaban J connectivity index is 1.30. The largest absolute Gasteiger partial charge is 0.453 e. The van der Waals surface area contributed by atoms with Crippen LogP contribution in [0.4, 0.5) is 0 Å². The summed E-state index contributed by atoms with van der Waals surface area (Å²) in [5.41, 5.74) is 0.446. The third-order valence-electron chi connectivity index (χ3n) is 7.15. The van der Waals surface area contributed by atoms with Gasteiger partial charge in [-0.3, -0.25) is 19.3 Å². The maximum absolute atomic E-state index is 13.1. The monoisotopic (exact) mass is 393 g/mol. The summed E-state index contributed by atoms with van der Waals surface area (Å²) in [6, 6.07) is 7.54. The number of Topliss-reactive ketones (excluding diaryl/α,β-unsaturated/α-hetero) is 1. The molecule has 0 spiro atoms. The highest BCUT2D eigenvalue weighted by molar-refractivity contribution is 6.09. The Morgan fingerprint density at radius 3 is 2.07 bits per heavy atom. The molecule has 6 rings (SSSR count). The van der Waals surface area contributed by atoms with Crippen LogP contribution in [0.25, 0.3) is 0 Å². The van der Waals surface area contributed by atoms with Crippen LogP contribution >= 0.6 is 0 Å². The highest BCUT2D eigenvalue weighted by atomic mass is 16.5. The van der Waals surface area contributed by atoms with Gasteiger partial charge in [0, 0.05) is 5.56 Å². The molecule has 150 valence electrons. The highest BCUT2D eigenvalue weighted by Gasteiger charge is 2.67. The molecule has 0 radical (unpaired) electrons. The molecule has 1 heterocycles. The first-order valence-corrected chi connectivity index (χ1v) is 10.2. The molecule has 5 aliphatic rings. The zero-order valence-electron chi connectivity index (χ0n) is 16.4. The lowest BCUT2D eigenvalue weighted by Crippen LogP contribution is -2.46. The quantitative estimate of drug-likeness (QED) is 0.332. The van der Waals surface area contributed by atoms with E-state index in [9.17, 15) is 19.2 Å². The van der Waals surface area contributed by atoms with Gasteiger partial charge in [-0.1, -0.05) is 42.5 Å². The number of esters is 1. The normalized spacial score (nSPS) is 35.7. The number of nitrogens with zero attached hydrogens (tertiary/aromatic N) is 1. The summed E-state index contributed by atoms with van der Waals surface area (Å²) in [5, 5.41) is 0. The predicted octanol–water partition coefficient (Wildman–Crippen LogP) is 2.24. The topological polar surface area (TPSA) is 80.8 Å². The van der Waals surface area contributed by atoms with Crippen molar-refractivity contribution in [1.29, 1.82) is 0 Å². The Labute approximate surface area is 168 Å². The molecule has 0 aromatic heterocycles. The van der Waals surface area contributed by atoms with Gasteiger partial charge in [0.1, 0.15) is 6.04 Å². The third-order valence-corrected chi connectivity index (χ3v) is 7.15. The van der Waals surface area contributed by atoms with E-state index < -0.39 is 18.1 Å². The van der Waals surface area contributed by atoms with Gasteiger partial charge in [-0.2, -0.15) is 0 Å². The zero-order chi connectivity index (χ0) is 20.4. The van der Waals surface area contributed by atoms with E-state index in [2.05, 4.69) is 12.2 Å². The first-order chi connectivity index (χ1) is 13.9. The fourth-order valence-electron chi connectivity index (χ4n) is 5.63. The lowest BCUT2D eigenvalue weighted by molar-refractivity contribution is -0.160. The van der Waals surface area contributed by atoms with E-state index in [1.54, 1.807) is 30.3 Å². The molecule has 29 heavy (non-hydrogen) atoms. The summed E-state index contributed by atoms with van der Waals surface area (Å²) in [6.45, 7) is 3.01. The summed E-state index contributed by atoms with van der Waals surface area (Å²) in [7, 11) is 0. The SMILES string of the molecule is C[C@H](C(=O)O[C@H](C)C(=O)c1ccccc1)N1C(=O)[C@H]2[C@@H]3C=C[C@H]([C@H]4C[C@H]34)[C@@H]2C1=O. The van der Waals surface area contributed by atoms with Gasteiger partial charge in [0.2, 0.25) is 17.6 Å². The van der Waals surface area contributed by atoms with Gasteiger partial charge in [-0.15, -0.1) is 0 Å².